The molecule has 0 atom stereocenters. The highest BCUT2D eigenvalue weighted by molar-refractivity contribution is 8.18. The molecule has 2 saturated heterocycles. The van der Waals surface area contributed by atoms with E-state index in [1.165, 1.54) is 7.11 Å². The molecular weight excluding hydrogens is 483 g/mol. The topological polar surface area (TPSA) is 79.0 Å². The van der Waals surface area contributed by atoms with Crippen molar-refractivity contribution in [3.05, 3.63) is 58.5 Å². The largest absolute Gasteiger partial charge is 0.495 e. The van der Waals surface area contributed by atoms with Gasteiger partial charge in [-0.15, -0.1) is 0 Å². The molecule has 0 radical (unpaired) electrons. The van der Waals surface area contributed by atoms with Gasteiger partial charge in [-0.05, 0) is 66.6 Å². The van der Waals surface area contributed by atoms with Crippen molar-refractivity contribution < 1.29 is 32.3 Å². The number of nitrogens with one attached hydrogen (secondary N) is 1. The lowest BCUT2D eigenvalue weighted by Crippen LogP contribution is -2.36. The molecule has 0 saturated carbocycles. The smallest absolute Gasteiger partial charge is 0.416 e. The first-order valence-corrected chi connectivity index (χ1v) is 11.6. The fourth-order valence-corrected chi connectivity index (χ4v) is 4.70. The Morgan fingerprint density at radius 3 is 2.43 bits per heavy atom. The number of anilines is 2. The van der Waals surface area contributed by atoms with E-state index in [1.54, 1.807) is 6.08 Å². The molecule has 2 heterocycles. The van der Waals surface area contributed by atoms with Gasteiger partial charge in [0.15, 0.2) is 0 Å². The van der Waals surface area contributed by atoms with Crippen LogP contribution in [-0.2, 0) is 15.8 Å². The second-order valence-electron chi connectivity index (χ2n) is 8.01. The Morgan fingerprint density at radius 1 is 1.11 bits per heavy atom. The van der Waals surface area contributed by atoms with Crippen LogP contribution in [0, 0.1) is 0 Å². The molecule has 2 fully saturated rings. The maximum atomic E-state index is 13.0. The number of ether oxygens (including phenoxy) is 1. The summed E-state index contributed by atoms with van der Waals surface area (Å²) >= 11 is 0.703. The van der Waals surface area contributed by atoms with Gasteiger partial charge in [0, 0.05) is 18.8 Å². The number of amides is 3. The minimum atomic E-state index is -4.62. The number of carbonyl (C=O) groups is 3. The van der Waals surface area contributed by atoms with Crippen LogP contribution in [0.2, 0.25) is 0 Å². The van der Waals surface area contributed by atoms with Crippen LogP contribution in [0.3, 0.4) is 0 Å². The number of hydrogen-bond donors (Lipinski definition) is 1. The van der Waals surface area contributed by atoms with Crippen molar-refractivity contribution >= 4 is 46.3 Å². The van der Waals surface area contributed by atoms with Gasteiger partial charge >= 0.3 is 6.18 Å². The molecule has 2 aromatic carbocycles. The molecular formula is C24H22F3N3O4S. The number of imide groups is 1. The fourth-order valence-electron chi connectivity index (χ4n) is 3.86. The lowest BCUT2D eigenvalue weighted by atomic mass is 10.1. The highest BCUT2D eigenvalue weighted by Crippen LogP contribution is 2.36. The SMILES string of the molecule is COc1ccc(C(F)(F)F)cc1NC(=O)CN1C(=O)S/C(=C/c2ccc(N3CCCC3)cc2)C1=O. The molecule has 3 amide bonds. The zero-order valence-corrected chi connectivity index (χ0v) is 19.5. The Labute approximate surface area is 203 Å². The molecule has 4 rings (SSSR count). The highest BCUT2D eigenvalue weighted by Gasteiger charge is 2.37. The van der Waals surface area contributed by atoms with E-state index in [9.17, 15) is 27.6 Å². The van der Waals surface area contributed by atoms with Crippen molar-refractivity contribution in [2.75, 3.05) is 37.0 Å². The maximum Gasteiger partial charge on any atom is 0.416 e. The van der Waals surface area contributed by atoms with Crippen molar-refractivity contribution in [1.82, 2.24) is 4.90 Å². The Morgan fingerprint density at radius 2 is 1.80 bits per heavy atom. The molecule has 0 spiro atoms. The number of nitrogens with zero attached hydrogens (tertiary/aromatic N) is 2. The molecule has 0 aliphatic carbocycles. The van der Waals surface area contributed by atoms with Crippen LogP contribution in [-0.4, -0.2) is 48.7 Å². The second kappa shape index (κ2) is 10.0. The summed E-state index contributed by atoms with van der Waals surface area (Å²) in [7, 11) is 1.25. The Hall–Kier alpha value is -3.47. The van der Waals surface area contributed by atoms with E-state index in [2.05, 4.69) is 10.2 Å². The summed E-state index contributed by atoms with van der Waals surface area (Å²) in [5, 5.41) is 1.66. The van der Waals surface area contributed by atoms with Gasteiger partial charge in [0.05, 0.1) is 23.3 Å². The monoisotopic (exact) mass is 505 g/mol. The molecule has 0 aromatic heterocycles. The number of thioether (sulfide) groups is 1. The second-order valence-corrected chi connectivity index (χ2v) is 9.01. The van der Waals surface area contributed by atoms with Crippen LogP contribution in [0.1, 0.15) is 24.0 Å². The zero-order chi connectivity index (χ0) is 25.2. The van der Waals surface area contributed by atoms with E-state index in [-0.39, 0.29) is 16.3 Å². The molecule has 184 valence electrons. The lowest BCUT2D eigenvalue weighted by Gasteiger charge is -2.17. The van der Waals surface area contributed by atoms with E-state index in [4.69, 9.17) is 4.74 Å². The average molecular weight is 506 g/mol. The van der Waals surface area contributed by atoms with Crippen molar-refractivity contribution in [2.45, 2.75) is 19.0 Å². The third-order valence-corrected chi connectivity index (χ3v) is 6.55. The summed E-state index contributed by atoms with van der Waals surface area (Å²) in [6.45, 7) is 1.37. The Bertz CT molecular complexity index is 1180. The lowest BCUT2D eigenvalue weighted by molar-refractivity contribution is -0.137. The standard InChI is InChI=1S/C24H22F3N3O4S/c1-34-19-9-6-16(24(25,26)27)13-18(19)28-21(31)14-30-22(32)20(35-23(30)33)12-15-4-7-17(8-5-15)29-10-2-3-11-29/h4-9,12-13H,2-3,10-11,14H2,1H3,(H,28,31)/b20-12+. The summed E-state index contributed by atoms with van der Waals surface area (Å²) in [4.78, 5) is 40.8. The van der Waals surface area contributed by atoms with Gasteiger partial charge < -0.3 is 15.0 Å². The van der Waals surface area contributed by atoms with Gasteiger partial charge in [-0.3, -0.25) is 19.3 Å². The summed E-state index contributed by atoms with van der Waals surface area (Å²) in [6, 6.07) is 10.3. The van der Waals surface area contributed by atoms with Crippen LogP contribution in [0.5, 0.6) is 5.75 Å². The molecule has 0 bridgehead atoms. The Balaban J connectivity index is 1.44. The normalized spacial score (nSPS) is 17.4. The molecule has 2 aliphatic heterocycles. The van der Waals surface area contributed by atoms with Gasteiger partial charge in [0.1, 0.15) is 12.3 Å². The minimum absolute atomic E-state index is 0.0118. The molecule has 11 heteroatoms. The van der Waals surface area contributed by atoms with Crippen LogP contribution >= 0.6 is 11.8 Å². The zero-order valence-electron chi connectivity index (χ0n) is 18.7. The summed E-state index contributed by atoms with van der Waals surface area (Å²) in [5.74, 6) is -1.46. The van der Waals surface area contributed by atoms with Crippen LogP contribution < -0.4 is 15.0 Å². The minimum Gasteiger partial charge on any atom is -0.495 e. The molecule has 1 N–H and O–H groups in total. The average Bonchev–Trinajstić information content (AvgIpc) is 3.44. The number of rotatable bonds is 6. The third-order valence-electron chi connectivity index (χ3n) is 5.64. The molecule has 2 aromatic rings. The van der Waals surface area contributed by atoms with Crippen molar-refractivity contribution in [2.24, 2.45) is 0 Å². The van der Waals surface area contributed by atoms with E-state index >= 15 is 0 Å². The predicted octanol–water partition coefficient (Wildman–Crippen LogP) is 4.99. The highest BCUT2D eigenvalue weighted by atomic mass is 32.2. The van der Waals surface area contributed by atoms with Crippen LogP contribution in [0.25, 0.3) is 6.08 Å². The van der Waals surface area contributed by atoms with Gasteiger partial charge in [-0.1, -0.05) is 12.1 Å². The van der Waals surface area contributed by atoms with Crippen LogP contribution in [0.4, 0.5) is 29.3 Å². The van der Waals surface area contributed by atoms with Crippen molar-refractivity contribution in [1.29, 1.82) is 0 Å². The molecule has 35 heavy (non-hydrogen) atoms. The number of alkyl halides is 3. The number of hydrogen-bond acceptors (Lipinski definition) is 6. The number of halogens is 3. The summed E-state index contributed by atoms with van der Waals surface area (Å²) < 4.78 is 44.1. The summed E-state index contributed by atoms with van der Waals surface area (Å²) in [6.07, 6.45) is -0.728. The van der Waals surface area contributed by atoms with Gasteiger partial charge in [0.25, 0.3) is 11.1 Å². The number of methoxy groups -OCH3 is 1. The van der Waals surface area contributed by atoms with Crippen molar-refractivity contribution in [3.8, 4) is 5.75 Å². The third kappa shape index (κ3) is 5.61. The number of carbonyl (C=O) groups excluding carboxylic acids is 3. The molecule has 7 nitrogen and oxygen atoms in total. The first-order valence-electron chi connectivity index (χ1n) is 10.8. The van der Waals surface area contributed by atoms with Gasteiger partial charge in [-0.2, -0.15) is 13.2 Å². The van der Waals surface area contributed by atoms with E-state index in [0.29, 0.717) is 11.8 Å². The fraction of sp³-hybridized carbons (Fsp3) is 0.292. The summed E-state index contributed by atoms with van der Waals surface area (Å²) in [5.41, 5.74) is 0.637. The Kier molecular flexibility index (Phi) is 7.06. The predicted molar refractivity (Wildman–Crippen MR) is 127 cm³/mol. The first-order chi connectivity index (χ1) is 16.7. The number of benzene rings is 2. The van der Waals surface area contributed by atoms with Gasteiger partial charge in [0.2, 0.25) is 5.91 Å². The van der Waals surface area contributed by atoms with E-state index in [0.717, 1.165) is 60.3 Å². The molecule has 2 aliphatic rings. The first kappa shape index (κ1) is 24.6. The van der Waals surface area contributed by atoms with E-state index < -0.39 is 35.3 Å². The van der Waals surface area contributed by atoms with Crippen LogP contribution in [0.15, 0.2) is 47.4 Å². The van der Waals surface area contributed by atoms with Gasteiger partial charge in [-0.25, -0.2) is 0 Å². The molecule has 0 unspecified atom stereocenters. The maximum absolute atomic E-state index is 13.0. The van der Waals surface area contributed by atoms with Crippen molar-refractivity contribution in [3.63, 3.8) is 0 Å². The van der Waals surface area contributed by atoms with E-state index in [1.807, 2.05) is 24.3 Å². The quantitative estimate of drug-likeness (QED) is 0.558.